The summed E-state index contributed by atoms with van der Waals surface area (Å²) in [4.78, 5) is 18.6. The minimum Gasteiger partial charge on any atom is -0.497 e. The molecule has 134 valence electrons. The van der Waals surface area contributed by atoms with Crippen molar-refractivity contribution in [1.82, 2.24) is 15.1 Å². The molecule has 0 radical (unpaired) electrons. The van der Waals surface area contributed by atoms with Gasteiger partial charge in [0, 0.05) is 50.0 Å². The molecule has 1 N–H and O–H groups in total. The van der Waals surface area contributed by atoms with E-state index in [0.717, 1.165) is 72.0 Å². The molecule has 0 spiro atoms. The number of nitrogens with zero attached hydrogens (tertiary/aromatic N) is 2. The number of ether oxygens (including phenoxy) is 1. The van der Waals surface area contributed by atoms with Crippen molar-refractivity contribution >= 4 is 27.3 Å². The lowest BCUT2D eigenvalue weighted by molar-refractivity contribution is 0.0777. The van der Waals surface area contributed by atoms with Gasteiger partial charge in [0.25, 0.3) is 5.91 Å². The number of thiophene rings is 1. The number of hydrogen-bond acceptors (Lipinski definition) is 5. The van der Waals surface area contributed by atoms with Crippen LogP contribution in [0, 0.1) is 6.92 Å². The maximum absolute atomic E-state index is 13.1. The molecule has 1 unspecified atom stereocenters. The molecule has 1 aromatic heterocycles. The van der Waals surface area contributed by atoms with E-state index in [1.54, 1.807) is 18.4 Å². The number of nitrogens with one attached hydrogen (secondary N) is 1. The Morgan fingerprint density at radius 1 is 1.28 bits per heavy atom. The zero-order valence-corrected chi connectivity index (χ0v) is 15.7. The van der Waals surface area contributed by atoms with Gasteiger partial charge in [-0.1, -0.05) is 0 Å². The molecule has 0 saturated carbocycles. The van der Waals surface area contributed by atoms with Gasteiger partial charge in [-0.05, 0) is 42.5 Å². The second kappa shape index (κ2) is 6.94. The first kappa shape index (κ1) is 16.8. The highest BCUT2D eigenvalue weighted by Crippen LogP contribution is 2.34. The summed E-state index contributed by atoms with van der Waals surface area (Å²) in [6.07, 6.45) is 1.09. The normalized spacial score (nSPS) is 21.8. The number of benzene rings is 1. The van der Waals surface area contributed by atoms with E-state index >= 15 is 0 Å². The monoisotopic (exact) mass is 359 g/mol. The van der Waals surface area contributed by atoms with Crippen LogP contribution in [0.3, 0.4) is 0 Å². The van der Waals surface area contributed by atoms with Gasteiger partial charge in [-0.15, -0.1) is 11.3 Å². The minimum absolute atomic E-state index is 0.190. The number of fused-ring (bicyclic) bond motifs is 1. The second-order valence-electron chi connectivity index (χ2n) is 6.90. The topological polar surface area (TPSA) is 44.8 Å². The summed E-state index contributed by atoms with van der Waals surface area (Å²) >= 11 is 1.60. The van der Waals surface area contributed by atoms with Crippen LogP contribution < -0.4 is 10.1 Å². The van der Waals surface area contributed by atoms with E-state index in [1.807, 2.05) is 17.0 Å². The summed E-state index contributed by atoms with van der Waals surface area (Å²) in [6, 6.07) is 6.56. The molecule has 0 aliphatic carbocycles. The van der Waals surface area contributed by atoms with Crippen molar-refractivity contribution in [1.29, 1.82) is 0 Å². The Morgan fingerprint density at radius 3 is 2.84 bits per heavy atom. The van der Waals surface area contributed by atoms with Gasteiger partial charge in [0.05, 0.1) is 12.0 Å². The molecular weight excluding hydrogens is 334 g/mol. The molecular formula is C19H25N3O2S. The maximum atomic E-state index is 13.1. The SMILES string of the molecule is COc1ccc2sc(C(=O)N3CCC(N4CCNCC4)C3)c(C)c2c1. The van der Waals surface area contributed by atoms with Gasteiger partial charge in [-0.3, -0.25) is 9.69 Å². The molecule has 1 aromatic carbocycles. The highest BCUT2D eigenvalue weighted by Gasteiger charge is 2.32. The third-order valence-corrected chi connectivity index (χ3v) is 6.72. The molecule has 2 aliphatic heterocycles. The van der Waals surface area contributed by atoms with Crippen LogP contribution in [0.4, 0.5) is 0 Å². The molecule has 3 heterocycles. The molecule has 2 fully saturated rings. The zero-order valence-electron chi connectivity index (χ0n) is 14.9. The number of rotatable bonds is 3. The van der Waals surface area contributed by atoms with E-state index in [9.17, 15) is 4.79 Å². The number of piperazine rings is 1. The number of hydrogen-bond donors (Lipinski definition) is 1. The molecule has 5 nitrogen and oxygen atoms in total. The van der Waals surface area contributed by atoms with Crippen LogP contribution in [0.25, 0.3) is 10.1 Å². The van der Waals surface area contributed by atoms with Gasteiger partial charge < -0.3 is 15.0 Å². The largest absolute Gasteiger partial charge is 0.497 e. The number of likely N-dealkylation sites (tertiary alicyclic amines) is 1. The van der Waals surface area contributed by atoms with E-state index in [4.69, 9.17) is 4.74 Å². The lowest BCUT2D eigenvalue weighted by Gasteiger charge is -2.32. The van der Waals surface area contributed by atoms with E-state index in [0.29, 0.717) is 6.04 Å². The second-order valence-corrected chi connectivity index (χ2v) is 7.95. The van der Waals surface area contributed by atoms with Gasteiger partial charge in [-0.25, -0.2) is 0 Å². The Bertz CT molecular complexity index is 782. The third kappa shape index (κ3) is 3.14. The van der Waals surface area contributed by atoms with E-state index in [1.165, 1.54) is 0 Å². The molecule has 2 aromatic rings. The Balaban J connectivity index is 1.53. The van der Waals surface area contributed by atoms with Crippen molar-refractivity contribution < 1.29 is 9.53 Å². The number of methoxy groups -OCH3 is 1. The van der Waals surface area contributed by atoms with E-state index < -0.39 is 0 Å². The average Bonchev–Trinajstić information content (AvgIpc) is 3.27. The van der Waals surface area contributed by atoms with Crippen molar-refractivity contribution in [2.75, 3.05) is 46.4 Å². The Labute approximate surface area is 152 Å². The van der Waals surface area contributed by atoms with Gasteiger partial charge in [0.15, 0.2) is 0 Å². The lowest BCUT2D eigenvalue weighted by Crippen LogP contribution is -2.49. The van der Waals surface area contributed by atoms with E-state index in [2.05, 4.69) is 23.2 Å². The standard InChI is InChI=1S/C19H25N3O2S/c1-13-16-11-15(24-2)3-4-17(16)25-18(13)19(23)22-8-5-14(12-22)21-9-6-20-7-10-21/h3-4,11,14,20H,5-10,12H2,1-2H3. The lowest BCUT2D eigenvalue weighted by atomic mass is 10.1. The Kier molecular flexibility index (Phi) is 4.67. The zero-order chi connectivity index (χ0) is 17.4. The summed E-state index contributed by atoms with van der Waals surface area (Å²) in [5.41, 5.74) is 1.08. The fraction of sp³-hybridized carbons (Fsp3) is 0.526. The first-order chi connectivity index (χ1) is 12.2. The summed E-state index contributed by atoms with van der Waals surface area (Å²) in [7, 11) is 1.68. The van der Waals surface area contributed by atoms with Gasteiger partial charge >= 0.3 is 0 Å². The first-order valence-electron chi connectivity index (χ1n) is 8.98. The number of aryl methyl sites for hydroxylation is 1. The van der Waals surface area contributed by atoms with Crippen LogP contribution in [0.2, 0.25) is 0 Å². The fourth-order valence-electron chi connectivity index (χ4n) is 3.95. The van der Waals surface area contributed by atoms with Crippen molar-refractivity contribution in [2.24, 2.45) is 0 Å². The Hall–Kier alpha value is -1.63. The molecule has 4 rings (SSSR count). The van der Waals surface area contributed by atoms with Crippen LogP contribution >= 0.6 is 11.3 Å². The van der Waals surface area contributed by atoms with Crippen LogP contribution in [0.1, 0.15) is 21.7 Å². The number of carbonyl (C=O) groups is 1. The average molecular weight is 359 g/mol. The van der Waals surface area contributed by atoms with Crippen molar-refractivity contribution in [3.8, 4) is 5.75 Å². The van der Waals surface area contributed by atoms with Crippen molar-refractivity contribution in [2.45, 2.75) is 19.4 Å². The maximum Gasteiger partial charge on any atom is 0.264 e. The minimum atomic E-state index is 0.190. The fourth-order valence-corrected chi connectivity index (χ4v) is 5.10. The molecule has 6 heteroatoms. The third-order valence-electron chi connectivity index (χ3n) is 5.46. The van der Waals surface area contributed by atoms with Gasteiger partial charge in [0.2, 0.25) is 0 Å². The smallest absolute Gasteiger partial charge is 0.264 e. The summed E-state index contributed by atoms with van der Waals surface area (Å²) in [5.74, 6) is 1.03. The van der Waals surface area contributed by atoms with Crippen LogP contribution in [0.15, 0.2) is 18.2 Å². The van der Waals surface area contributed by atoms with Gasteiger partial charge in [0.1, 0.15) is 5.75 Å². The molecule has 2 saturated heterocycles. The van der Waals surface area contributed by atoms with Gasteiger partial charge in [-0.2, -0.15) is 0 Å². The quantitative estimate of drug-likeness (QED) is 0.914. The highest BCUT2D eigenvalue weighted by atomic mass is 32.1. The van der Waals surface area contributed by atoms with E-state index in [-0.39, 0.29) is 5.91 Å². The van der Waals surface area contributed by atoms with Crippen molar-refractivity contribution in [3.63, 3.8) is 0 Å². The summed E-state index contributed by atoms with van der Waals surface area (Å²) < 4.78 is 6.48. The predicted octanol–water partition coefficient (Wildman–Crippen LogP) is 2.34. The molecule has 1 atom stereocenters. The summed E-state index contributed by atoms with van der Waals surface area (Å²) in [5, 5.41) is 4.53. The molecule has 2 aliphatic rings. The highest BCUT2D eigenvalue weighted by molar-refractivity contribution is 7.21. The molecule has 1 amide bonds. The predicted molar refractivity (Wildman–Crippen MR) is 102 cm³/mol. The van der Waals surface area contributed by atoms with Crippen LogP contribution in [-0.2, 0) is 0 Å². The molecule has 25 heavy (non-hydrogen) atoms. The van der Waals surface area contributed by atoms with Crippen molar-refractivity contribution in [3.05, 3.63) is 28.6 Å². The van der Waals surface area contributed by atoms with Crippen LogP contribution in [0.5, 0.6) is 5.75 Å². The Morgan fingerprint density at radius 2 is 2.08 bits per heavy atom. The first-order valence-corrected chi connectivity index (χ1v) is 9.80. The van der Waals surface area contributed by atoms with Crippen LogP contribution in [-0.4, -0.2) is 68.1 Å². The number of amides is 1. The summed E-state index contributed by atoms with van der Waals surface area (Å²) in [6.45, 7) is 8.07. The molecule has 0 bridgehead atoms. The number of carbonyl (C=O) groups excluding carboxylic acids is 1.